The number of rotatable bonds is 3. The molecule has 0 radical (unpaired) electrons. The molecule has 0 atom stereocenters. The van der Waals surface area contributed by atoms with Gasteiger partial charge in [0.1, 0.15) is 0 Å². The minimum atomic E-state index is -0.378. The third kappa shape index (κ3) is 4.03. The Morgan fingerprint density at radius 1 is 1.00 bits per heavy atom. The Labute approximate surface area is 133 Å². The highest BCUT2D eigenvalue weighted by Gasteiger charge is 2.08. The van der Waals surface area contributed by atoms with Crippen LogP contribution in [0.25, 0.3) is 0 Å². The number of carbonyl (C=O) groups excluding carboxylic acids is 1. The first-order valence-corrected chi connectivity index (χ1v) is 7.02. The summed E-state index contributed by atoms with van der Waals surface area (Å²) in [6.45, 7) is 0. The van der Waals surface area contributed by atoms with Gasteiger partial charge in [-0.2, -0.15) is 0 Å². The van der Waals surface area contributed by atoms with Gasteiger partial charge in [0.15, 0.2) is 0 Å². The largest absolute Gasteiger partial charge is 0.378 e. The summed E-state index contributed by atoms with van der Waals surface area (Å²) in [4.78, 5) is 13.9. The van der Waals surface area contributed by atoms with Crippen molar-refractivity contribution in [3.05, 3.63) is 52.5 Å². The summed E-state index contributed by atoms with van der Waals surface area (Å²) in [5, 5.41) is 6.10. The molecule has 2 aromatic carbocycles. The van der Waals surface area contributed by atoms with E-state index in [4.69, 9.17) is 23.2 Å². The highest BCUT2D eigenvalue weighted by Crippen LogP contribution is 2.29. The molecule has 2 aromatic rings. The van der Waals surface area contributed by atoms with Crippen molar-refractivity contribution in [3.63, 3.8) is 0 Å². The third-order valence-electron chi connectivity index (χ3n) is 2.84. The van der Waals surface area contributed by atoms with Crippen molar-refractivity contribution in [3.8, 4) is 0 Å². The van der Waals surface area contributed by atoms with Crippen LogP contribution in [-0.4, -0.2) is 20.1 Å². The molecule has 0 bridgehead atoms. The van der Waals surface area contributed by atoms with E-state index in [1.807, 2.05) is 43.3 Å². The summed E-state index contributed by atoms with van der Waals surface area (Å²) in [5.74, 6) is 0. The molecule has 0 aliphatic heterocycles. The Bertz CT molecular complexity index is 642. The standard InChI is InChI=1S/C15H15Cl2N3O/c1-20(2)11-8-6-10(7-9-11)18-15(21)19-13-5-3-4-12(16)14(13)17/h3-9H,1-2H3,(H2,18,19,21). The van der Waals surface area contributed by atoms with Gasteiger partial charge in [-0.05, 0) is 36.4 Å². The van der Waals surface area contributed by atoms with E-state index in [-0.39, 0.29) is 6.03 Å². The van der Waals surface area contributed by atoms with Crippen molar-refractivity contribution in [1.82, 2.24) is 0 Å². The maximum Gasteiger partial charge on any atom is 0.323 e. The van der Waals surface area contributed by atoms with Crippen LogP contribution in [-0.2, 0) is 0 Å². The molecule has 21 heavy (non-hydrogen) atoms. The van der Waals surface area contributed by atoms with Crippen molar-refractivity contribution in [2.45, 2.75) is 0 Å². The predicted molar refractivity (Wildman–Crippen MR) is 89.9 cm³/mol. The number of halogens is 2. The number of amides is 2. The van der Waals surface area contributed by atoms with E-state index < -0.39 is 0 Å². The summed E-state index contributed by atoms with van der Waals surface area (Å²) in [6.07, 6.45) is 0. The number of nitrogens with one attached hydrogen (secondary N) is 2. The van der Waals surface area contributed by atoms with Crippen molar-refractivity contribution in [2.24, 2.45) is 0 Å². The van der Waals surface area contributed by atoms with Gasteiger partial charge in [-0.25, -0.2) is 4.79 Å². The van der Waals surface area contributed by atoms with Crippen molar-refractivity contribution in [2.75, 3.05) is 29.6 Å². The first kappa shape index (κ1) is 15.5. The molecular formula is C15H15Cl2N3O. The Hall–Kier alpha value is -1.91. The number of hydrogen-bond acceptors (Lipinski definition) is 2. The zero-order valence-electron chi connectivity index (χ0n) is 11.7. The molecule has 0 saturated carbocycles. The van der Waals surface area contributed by atoms with Crippen molar-refractivity contribution < 1.29 is 4.79 Å². The van der Waals surface area contributed by atoms with E-state index in [1.54, 1.807) is 18.2 Å². The van der Waals surface area contributed by atoms with Crippen LogP contribution in [0.3, 0.4) is 0 Å². The van der Waals surface area contributed by atoms with Crippen LogP contribution in [0.4, 0.5) is 21.9 Å². The number of carbonyl (C=O) groups is 1. The second-order valence-electron chi connectivity index (χ2n) is 4.62. The van der Waals surface area contributed by atoms with Crippen LogP contribution >= 0.6 is 23.2 Å². The maximum atomic E-state index is 11.9. The minimum absolute atomic E-state index is 0.317. The molecule has 0 aliphatic rings. The zero-order valence-corrected chi connectivity index (χ0v) is 13.2. The fraction of sp³-hybridized carbons (Fsp3) is 0.133. The first-order valence-electron chi connectivity index (χ1n) is 6.27. The highest BCUT2D eigenvalue weighted by atomic mass is 35.5. The topological polar surface area (TPSA) is 44.4 Å². The van der Waals surface area contributed by atoms with Gasteiger partial charge in [0.2, 0.25) is 0 Å². The number of anilines is 3. The molecule has 6 heteroatoms. The Kier molecular flexibility index (Phi) is 4.94. The summed E-state index contributed by atoms with van der Waals surface area (Å²) in [7, 11) is 3.91. The van der Waals surface area contributed by atoms with Gasteiger partial charge in [0.25, 0.3) is 0 Å². The quantitative estimate of drug-likeness (QED) is 0.859. The third-order valence-corrected chi connectivity index (χ3v) is 3.66. The lowest BCUT2D eigenvalue weighted by atomic mass is 10.2. The average molecular weight is 324 g/mol. The summed E-state index contributed by atoms with van der Waals surface area (Å²) in [5.41, 5.74) is 2.21. The molecule has 0 aliphatic carbocycles. The molecule has 110 valence electrons. The van der Waals surface area contributed by atoms with E-state index in [0.717, 1.165) is 5.69 Å². The molecule has 4 nitrogen and oxygen atoms in total. The Morgan fingerprint density at radius 3 is 2.29 bits per heavy atom. The molecule has 0 saturated heterocycles. The second kappa shape index (κ2) is 6.70. The molecule has 0 aromatic heterocycles. The van der Waals surface area contributed by atoms with Crippen molar-refractivity contribution >= 4 is 46.3 Å². The maximum absolute atomic E-state index is 11.9. The van der Waals surface area contributed by atoms with Gasteiger partial charge in [0.05, 0.1) is 15.7 Å². The number of benzene rings is 2. The monoisotopic (exact) mass is 323 g/mol. The molecule has 2 N–H and O–H groups in total. The van der Waals surface area contributed by atoms with Gasteiger partial charge in [-0.15, -0.1) is 0 Å². The van der Waals surface area contributed by atoms with Crippen LogP contribution in [0.15, 0.2) is 42.5 Å². The van der Waals surface area contributed by atoms with E-state index in [0.29, 0.717) is 21.4 Å². The van der Waals surface area contributed by atoms with Gasteiger partial charge >= 0.3 is 6.03 Å². The number of nitrogens with zero attached hydrogens (tertiary/aromatic N) is 1. The lowest BCUT2D eigenvalue weighted by molar-refractivity contribution is 0.262. The van der Waals surface area contributed by atoms with Crippen LogP contribution in [0.1, 0.15) is 0 Å². The predicted octanol–water partition coefficient (Wildman–Crippen LogP) is 4.70. The summed E-state index contributed by atoms with van der Waals surface area (Å²) < 4.78 is 0. The molecule has 0 spiro atoms. The molecular weight excluding hydrogens is 309 g/mol. The van der Waals surface area contributed by atoms with Gasteiger partial charge < -0.3 is 15.5 Å². The molecule has 2 rings (SSSR count). The first-order chi connectivity index (χ1) is 9.97. The lowest BCUT2D eigenvalue weighted by Gasteiger charge is -2.13. The molecule has 2 amide bonds. The fourth-order valence-corrected chi connectivity index (χ4v) is 2.08. The van der Waals surface area contributed by atoms with Crippen LogP contribution in [0.5, 0.6) is 0 Å². The SMILES string of the molecule is CN(C)c1ccc(NC(=O)Nc2cccc(Cl)c2Cl)cc1. The molecule has 0 heterocycles. The summed E-state index contributed by atoms with van der Waals surface area (Å²) >= 11 is 11.9. The lowest BCUT2D eigenvalue weighted by Crippen LogP contribution is -2.19. The normalized spacial score (nSPS) is 10.1. The smallest absolute Gasteiger partial charge is 0.323 e. The highest BCUT2D eigenvalue weighted by molar-refractivity contribution is 6.44. The molecule has 0 unspecified atom stereocenters. The number of hydrogen-bond donors (Lipinski definition) is 2. The zero-order chi connectivity index (χ0) is 15.4. The van der Waals surface area contributed by atoms with Gasteiger partial charge in [-0.3, -0.25) is 0 Å². The van der Waals surface area contributed by atoms with E-state index in [9.17, 15) is 4.79 Å². The molecule has 0 fully saturated rings. The second-order valence-corrected chi connectivity index (χ2v) is 5.41. The Morgan fingerprint density at radius 2 is 1.67 bits per heavy atom. The van der Waals surface area contributed by atoms with Crippen LogP contribution in [0.2, 0.25) is 10.0 Å². The van der Waals surface area contributed by atoms with Gasteiger partial charge in [0, 0.05) is 25.5 Å². The van der Waals surface area contributed by atoms with Gasteiger partial charge in [-0.1, -0.05) is 29.3 Å². The Balaban J connectivity index is 2.03. The number of urea groups is 1. The fourth-order valence-electron chi connectivity index (χ4n) is 1.73. The van der Waals surface area contributed by atoms with Crippen LogP contribution < -0.4 is 15.5 Å². The van der Waals surface area contributed by atoms with Crippen molar-refractivity contribution in [1.29, 1.82) is 0 Å². The van der Waals surface area contributed by atoms with Crippen LogP contribution in [0, 0.1) is 0 Å². The minimum Gasteiger partial charge on any atom is -0.378 e. The summed E-state index contributed by atoms with van der Waals surface area (Å²) in [6, 6.07) is 12.2. The van der Waals surface area contributed by atoms with E-state index >= 15 is 0 Å². The van der Waals surface area contributed by atoms with E-state index in [2.05, 4.69) is 10.6 Å². The average Bonchev–Trinajstić information content (AvgIpc) is 2.44. The van der Waals surface area contributed by atoms with E-state index in [1.165, 1.54) is 0 Å².